The minimum atomic E-state index is -0.212. The summed E-state index contributed by atoms with van der Waals surface area (Å²) in [6.45, 7) is 7.21. The zero-order valence-electron chi connectivity index (χ0n) is 13.8. The zero-order valence-corrected chi connectivity index (χ0v) is 13.8. The summed E-state index contributed by atoms with van der Waals surface area (Å²) in [5, 5.41) is 13.3. The lowest BCUT2D eigenvalue weighted by Crippen LogP contribution is -2.47. The number of nitriles is 1. The van der Waals surface area contributed by atoms with Crippen molar-refractivity contribution in [1.29, 1.82) is 5.26 Å². The van der Waals surface area contributed by atoms with Gasteiger partial charge in [0.2, 0.25) is 0 Å². The Balaban J connectivity index is 1.56. The summed E-state index contributed by atoms with van der Waals surface area (Å²) in [7, 11) is 0. The smallest absolute Gasteiger partial charge is 0.108 e. The molecule has 2 unspecified atom stereocenters. The van der Waals surface area contributed by atoms with Crippen molar-refractivity contribution in [2.45, 2.75) is 89.3 Å². The van der Waals surface area contributed by atoms with Gasteiger partial charge >= 0.3 is 0 Å². The number of piperidine rings is 1. The molecule has 1 heterocycles. The van der Waals surface area contributed by atoms with Gasteiger partial charge in [0.1, 0.15) is 5.54 Å². The Labute approximate surface area is 130 Å². The maximum atomic E-state index is 9.64. The second kappa shape index (κ2) is 5.89. The van der Waals surface area contributed by atoms with Gasteiger partial charge in [-0.25, -0.2) is 0 Å². The summed E-state index contributed by atoms with van der Waals surface area (Å²) < 4.78 is 0. The van der Waals surface area contributed by atoms with E-state index in [1.165, 1.54) is 58.0 Å². The number of hydrogen-bond donors (Lipinski definition) is 1. The maximum Gasteiger partial charge on any atom is 0.108 e. The normalized spacial score (nSPS) is 36.5. The zero-order chi connectivity index (χ0) is 14.9. The lowest BCUT2D eigenvalue weighted by atomic mass is 9.74. The molecule has 2 atom stereocenters. The van der Waals surface area contributed by atoms with Gasteiger partial charge in [-0.05, 0) is 63.5 Å². The van der Waals surface area contributed by atoms with Crippen molar-refractivity contribution in [3.63, 3.8) is 0 Å². The minimum absolute atomic E-state index is 0.212. The lowest BCUT2D eigenvalue weighted by molar-refractivity contribution is 0.0661. The Hall–Kier alpha value is -0.590. The topological polar surface area (TPSA) is 39.1 Å². The van der Waals surface area contributed by atoms with Crippen LogP contribution in [-0.4, -0.2) is 35.6 Å². The Morgan fingerprint density at radius 3 is 2.29 bits per heavy atom. The van der Waals surface area contributed by atoms with Crippen LogP contribution in [0.5, 0.6) is 0 Å². The first kappa shape index (κ1) is 15.3. The third-order valence-corrected chi connectivity index (χ3v) is 6.64. The van der Waals surface area contributed by atoms with Gasteiger partial charge in [0, 0.05) is 12.1 Å². The van der Waals surface area contributed by atoms with Crippen LogP contribution in [0.1, 0.15) is 71.6 Å². The quantitative estimate of drug-likeness (QED) is 0.842. The van der Waals surface area contributed by atoms with Crippen LogP contribution in [0.3, 0.4) is 0 Å². The van der Waals surface area contributed by atoms with Crippen molar-refractivity contribution in [3.8, 4) is 6.07 Å². The highest BCUT2D eigenvalue weighted by Gasteiger charge is 2.45. The monoisotopic (exact) mass is 289 g/mol. The molecular weight excluding hydrogens is 258 g/mol. The molecule has 1 saturated heterocycles. The summed E-state index contributed by atoms with van der Waals surface area (Å²) in [5.74, 6) is 0. The van der Waals surface area contributed by atoms with Gasteiger partial charge < -0.3 is 4.90 Å². The molecule has 21 heavy (non-hydrogen) atoms. The molecule has 1 aliphatic heterocycles. The number of likely N-dealkylation sites (tertiary alicyclic amines) is 1. The van der Waals surface area contributed by atoms with Crippen LogP contribution >= 0.6 is 0 Å². The Bertz CT molecular complexity index is 395. The molecule has 3 nitrogen and oxygen atoms in total. The van der Waals surface area contributed by atoms with Gasteiger partial charge in [-0.2, -0.15) is 5.26 Å². The predicted molar refractivity (Wildman–Crippen MR) is 86.0 cm³/mol. The molecule has 3 heteroatoms. The minimum Gasteiger partial charge on any atom is -0.300 e. The van der Waals surface area contributed by atoms with Crippen LogP contribution in [0.25, 0.3) is 0 Å². The van der Waals surface area contributed by atoms with Gasteiger partial charge in [-0.1, -0.05) is 26.7 Å². The third kappa shape index (κ3) is 3.12. The lowest BCUT2D eigenvalue weighted by Gasteiger charge is -2.43. The molecule has 0 aromatic rings. The largest absolute Gasteiger partial charge is 0.300 e. The molecule has 0 aromatic heterocycles. The highest BCUT2D eigenvalue weighted by Crippen LogP contribution is 2.42. The average molecular weight is 289 g/mol. The van der Waals surface area contributed by atoms with E-state index in [0.29, 0.717) is 17.5 Å². The Morgan fingerprint density at radius 2 is 1.76 bits per heavy atom. The van der Waals surface area contributed by atoms with Crippen LogP contribution in [0.2, 0.25) is 0 Å². The SMILES string of the molecule is CCC1(CC)CCN(C2CCC(C#N)(NC3CC3)C2)CC1. The average Bonchev–Trinajstić information content (AvgIpc) is 3.24. The van der Waals surface area contributed by atoms with Crippen LogP contribution < -0.4 is 5.32 Å². The first-order valence-electron chi connectivity index (χ1n) is 9.07. The van der Waals surface area contributed by atoms with Crippen LogP contribution in [0.15, 0.2) is 0 Å². The fourth-order valence-corrected chi connectivity index (χ4v) is 4.53. The van der Waals surface area contributed by atoms with Crippen LogP contribution in [-0.2, 0) is 0 Å². The molecule has 0 bridgehead atoms. The van der Waals surface area contributed by atoms with Crippen molar-refractivity contribution in [3.05, 3.63) is 0 Å². The summed E-state index contributed by atoms with van der Waals surface area (Å²) in [4.78, 5) is 2.69. The van der Waals surface area contributed by atoms with E-state index >= 15 is 0 Å². The van der Waals surface area contributed by atoms with Crippen molar-refractivity contribution < 1.29 is 0 Å². The molecule has 3 fully saturated rings. The molecule has 3 aliphatic rings. The van der Waals surface area contributed by atoms with E-state index in [0.717, 1.165) is 12.8 Å². The summed E-state index contributed by atoms with van der Waals surface area (Å²) in [5.41, 5.74) is 0.392. The van der Waals surface area contributed by atoms with E-state index in [2.05, 4.69) is 30.1 Å². The van der Waals surface area contributed by atoms with Gasteiger partial charge in [-0.15, -0.1) is 0 Å². The van der Waals surface area contributed by atoms with Crippen molar-refractivity contribution in [2.75, 3.05) is 13.1 Å². The third-order valence-electron chi connectivity index (χ3n) is 6.64. The highest BCUT2D eigenvalue weighted by molar-refractivity contribution is 5.15. The summed E-state index contributed by atoms with van der Waals surface area (Å²) >= 11 is 0. The van der Waals surface area contributed by atoms with Crippen molar-refractivity contribution in [1.82, 2.24) is 10.2 Å². The first-order chi connectivity index (χ1) is 10.1. The van der Waals surface area contributed by atoms with Gasteiger partial charge in [-0.3, -0.25) is 5.32 Å². The van der Waals surface area contributed by atoms with Crippen LogP contribution in [0, 0.1) is 16.7 Å². The molecule has 0 amide bonds. The number of hydrogen-bond acceptors (Lipinski definition) is 3. The van der Waals surface area contributed by atoms with Gasteiger partial charge in [0.05, 0.1) is 6.07 Å². The molecular formula is C18H31N3. The van der Waals surface area contributed by atoms with Crippen molar-refractivity contribution in [2.24, 2.45) is 5.41 Å². The standard InChI is InChI=1S/C18H31N3/c1-3-17(4-2)9-11-21(12-10-17)16-7-8-18(13-16,14-19)20-15-5-6-15/h15-16,20H,3-13H2,1-2H3. The summed E-state index contributed by atoms with van der Waals surface area (Å²) in [6.07, 6.45) is 11.2. The predicted octanol–water partition coefficient (Wildman–Crippen LogP) is 3.46. The fraction of sp³-hybridized carbons (Fsp3) is 0.944. The molecule has 1 N–H and O–H groups in total. The Morgan fingerprint density at radius 1 is 1.10 bits per heavy atom. The number of nitrogens with zero attached hydrogens (tertiary/aromatic N) is 2. The van der Waals surface area contributed by atoms with E-state index in [1.807, 2.05) is 0 Å². The van der Waals surface area contributed by atoms with E-state index in [-0.39, 0.29) is 5.54 Å². The Kier molecular flexibility index (Phi) is 4.30. The molecule has 0 radical (unpaired) electrons. The molecule has 3 rings (SSSR count). The molecule has 0 spiro atoms. The second-order valence-electron chi connectivity index (χ2n) is 7.75. The molecule has 118 valence electrons. The highest BCUT2D eigenvalue weighted by atomic mass is 15.2. The second-order valence-corrected chi connectivity index (χ2v) is 7.75. The van der Waals surface area contributed by atoms with E-state index < -0.39 is 0 Å². The molecule has 2 saturated carbocycles. The van der Waals surface area contributed by atoms with Crippen LogP contribution in [0.4, 0.5) is 0 Å². The number of rotatable bonds is 5. The van der Waals surface area contributed by atoms with E-state index in [4.69, 9.17) is 0 Å². The fourth-order valence-electron chi connectivity index (χ4n) is 4.53. The number of nitrogens with one attached hydrogen (secondary N) is 1. The van der Waals surface area contributed by atoms with E-state index in [9.17, 15) is 5.26 Å². The van der Waals surface area contributed by atoms with Crippen molar-refractivity contribution >= 4 is 0 Å². The van der Waals surface area contributed by atoms with E-state index in [1.54, 1.807) is 0 Å². The summed E-state index contributed by atoms with van der Waals surface area (Å²) in [6, 6.07) is 3.90. The molecule has 2 aliphatic carbocycles. The van der Waals surface area contributed by atoms with Gasteiger partial charge in [0.15, 0.2) is 0 Å². The first-order valence-corrected chi connectivity index (χ1v) is 9.07. The van der Waals surface area contributed by atoms with Gasteiger partial charge in [0.25, 0.3) is 0 Å². The molecule has 0 aromatic carbocycles. The maximum absolute atomic E-state index is 9.64.